The number of carbonyl (C=O) groups is 1. The zero-order valence-corrected chi connectivity index (χ0v) is 12.1. The number of aromatic nitrogens is 1. The molecule has 2 aromatic heterocycles. The zero-order valence-electron chi connectivity index (χ0n) is 11.3. The molecule has 0 radical (unpaired) electrons. The van der Waals surface area contributed by atoms with Crippen molar-refractivity contribution in [1.29, 1.82) is 0 Å². The van der Waals surface area contributed by atoms with Crippen molar-refractivity contribution in [3.8, 4) is 11.3 Å². The van der Waals surface area contributed by atoms with Crippen LogP contribution in [-0.2, 0) is 10.0 Å². The largest absolute Gasteiger partial charge is 0.464 e. The second-order valence-corrected chi connectivity index (χ2v) is 6.19. The second-order valence-electron chi connectivity index (χ2n) is 4.51. The van der Waals surface area contributed by atoms with Gasteiger partial charge in [-0.3, -0.25) is 4.79 Å². The Hall–Kier alpha value is -2.80. The van der Waals surface area contributed by atoms with E-state index in [9.17, 15) is 13.2 Å². The smallest absolute Gasteiger partial charge is 0.267 e. The predicted octanol–water partition coefficient (Wildman–Crippen LogP) is 2.39. The van der Waals surface area contributed by atoms with Gasteiger partial charge >= 0.3 is 0 Å². The van der Waals surface area contributed by atoms with Crippen LogP contribution in [0.3, 0.4) is 0 Å². The Morgan fingerprint density at radius 1 is 1.05 bits per heavy atom. The Labute approximate surface area is 126 Å². The third-order valence-corrected chi connectivity index (χ3v) is 4.40. The van der Waals surface area contributed by atoms with Gasteiger partial charge in [0, 0.05) is 18.0 Å². The maximum absolute atomic E-state index is 12.3. The standard InChI is InChI=1S/C15H12N2O4S/c18-15(17-22(19,20)11-5-2-1-3-6-11)13-10-16-9-12(13)14-7-4-8-21-14/h1-10,16H,(H,17,18). The van der Waals surface area contributed by atoms with Gasteiger partial charge < -0.3 is 9.40 Å². The molecule has 1 aromatic carbocycles. The number of amides is 1. The van der Waals surface area contributed by atoms with Crippen molar-refractivity contribution in [2.45, 2.75) is 4.90 Å². The van der Waals surface area contributed by atoms with E-state index in [-0.39, 0.29) is 10.5 Å². The topological polar surface area (TPSA) is 92.2 Å². The molecule has 0 aliphatic rings. The second kappa shape index (κ2) is 5.53. The van der Waals surface area contributed by atoms with Crippen molar-refractivity contribution in [2.75, 3.05) is 0 Å². The summed E-state index contributed by atoms with van der Waals surface area (Å²) < 4.78 is 31.6. The minimum atomic E-state index is -3.92. The lowest BCUT2D eigenvalue weighted by molar-refractivity contribution is 0.0982. The van der Waals surface area contributed by atoms with Crippen LogP contribution in [0.2, 0.25) is 0 Å². The fraction of sp³-hybridized carbons (Fsp3) is 0. The molecule has 0 fully saturated rings. The van der Waals surface area contributed by atoms with Crippen molar-refractivity contribution >= 4 is 15.9 Å². The number of sulfonamides is 1. The number of benzene rings is 1. The number of hydrogen-bond acceptors (Lipinski definition) is 4. The SMILES string of the molecule is O=C(NS(=O)(=O)c1ccccc1)c1c[nH]cc1-c1ccco1. The average molecular weight is 316 g/mol. The van der Waals surface area contributed by atoms with E-state index >= 15 is 0 Å². The summed E-state index contributed by atoms with van der Waals surface area (Å²) in [4.78, 5) is 15.1. The number of hydrogen-bond donors (Lipinski definition) is 2. The van der Waals surface area contributed by atoms with Crippen LogP contribution in [0.5, 0.6) is 0 Å². The lowest BCUT2D eigenvalue weighted by Crippen LogP contribution is -2.30. The molecule has 6 nitrogen and oxygen atoms in total. The van der Waals surface area contributed by atoms with E-state index in [4.69, 9.17) is 4.42 Å². The van der Waals surface area contributed by atoms with E-state index in [0.29, 0.717) is 11.3 Å². The maximum atomic E-state index is 12.3. The fourth-order valence-corrected chi connectivity index (χ4v) is 3.01. The van der Waals surface area contributed by atoms with Crippen LogP contribution in [0.15, 0.2) is 70.4 Å². The fourth-order valence-electron chi connectivity index (χ4n) is 2.02. The van der Waals surface area contributed by atoms with Gasteiger partial charge in [0.05, 0.1) is 16.7 Å². The molecule has 0 unspecified atom stereocenters. The van der Waals surface area contributed by atoms with Crippen LogP contribution >= 0.6 is 0 Å². The highest BCUT2D eigenvalue weighted by molar-refractivity contribution is 7.90. The van der Waals surface area contributed by atoms with Gasteiger partial charge in [-0.05, 0) is 24.3 Å². The summed E-state index contributed by atoms with van der Waals surface area (Å²) >= 11 is 0. The first kappa shape index (κ1) is 14.2. The van der Waals surface area contributed by atoms with Crippen molar-refractivity contribution in [1.82, 2.24) is 9.71 Å². The molecule has 0 spiro atoms. The van der Waals surface area contributed by atoms with Crippen LogP contribution in [0.4, 0.5) is 0 Å². The summed E-state index contributed by atoms with van der Waals surface area (Å²) in [7, 11) is -3.92. The Balaban J connectivity index is 1.89. The van der Waals surface area contributed by atoms with Gasteiger partial charge in [-0.2, -0.15) is 0 Å². The van der Waals surface area contributed by atoms with Gasteiger partial charge in [-0.25, -0.2) is 13.1 Å². The minimum Gasteiger partial charge on any atom is -0.464 e. The van der Waals surface area contributed by atoms with E-state index in [2.05, 4.69) is 4.98 Å². The molecule has 0 bridgehead atoms. The van der Waals surface area contributed by atoms with Gasteiger partial charge in [-0.1, -0.05) is 18.2 Å². The molecule has 2 N–H and O–H groups in total. The van der Waals surface area contributed by atoms with Gasteiger partial charge in [-0.15, -0.1) is 0 Å². The predicted molar refractivity (Wildman–Crippen MR) is 79.6 cm³/mol. The summed E-state index contributed by atoms with van der Waals surface area (Å²) in [6.45, 7) is 0. The zero-order chi connectivity index (χ0) is 15.6. The van der Waals surface area contributed by atoms with Crippen LogP contribution < -0.4 is 4.72 Å². The quantitative estimate of drug-likeness (QED) is 0.773. The average Bonchev–Trinajstić information content (AvgIpc) is 3.18. The summed E-state index contributed by atoms with van der Waals surface area (Å²) in [6, 6.07) is 11.1. The third-order valence-electron chi connectivity index (χ3n) is 3.06. The number of aromatic amines is 1. The normalized spacial score (nSPS) is 11.3. The number of furan rings is 1. The van der Waals surface area contributed by atoms with Crippen molar-refractivity contribution in [3.05, 3.63) is 66.7 Å². The Bertz CT molecular complexity index is 881. The highest BCUT2D eigenvalue weighted by Crippen LogP contribution is 2.24. The van der Waals surface area contributed by atoms with Gasteiger partial charge in [0.25, 0.3) is 15.9 Å². The summed E-state index contributed by atoms with van der Waals surface area (Å²) in [5.41, 5.74) is 0.681. The lowest BCUT2D eigenvalue weighted by atomic mass is 10.1. The summed E-state index contributed by atoms with van der Waals surface area (Å²) in [5.74, 6) is -0.250. The molecule has 22 heavy (non-hydrogen) atoms. The van der Waals surface area contributed by atoms with Crippen molar-refractivity contribution in [3.63, 3.8) is 0 Å². The number of nitrogens with one attached hydrogen (secondary N) is 2. The highest BCUT2D eigenvalue weighted by atomic mass is 32.2. The molecule has 7 heteroatoms. The minimum absolute atomic E-state index is 0.0263. The highest BCUT2D eigenvalue weighted by Gasteiger charge is 2.22. The number of rotatable bonds is 4. The first-order valence-electron chi connectivity index (χ1n) is 6.41. The van der Waals surface area contributed by atoms with Gasteiger partial charge in [0.1, 0.15) is 5.76 Å². The molecule has 0 atom stereocenters. The molecular formula is C15H12N2O4S. The molecule has 3 aromatic rings. The van der Waals surface area contributed by atoms with Gasteiger partial charge in [0.15, 0.2) is 0 Å². The van der Waals surface area contributed by atoms with E-state index in [1.165, 1.54) is 24.6 Å². The number of H-pyrrole nitrogens is 1. The Kier molecular flexibility index (Phi) is 3.56. The summed E-state index contributed by atoms with van der Waals surface area (Å²) in [5, 5.41) is 0. The molecule has 112 valence electrons. The van der Waals surface area contributed by atoms with E-state index < -0.39 is 15.9 Å². The first-order valence-corrected chi connectivity index (χ1v) is 7.89. The van der Waals surface area contributed by atoms with Crippen LogP contribution in [-0.4, -0.2) is 19.3 Å². The molecular weight excluding hydrogens is 304 g/mol. The van der Waals surface area contributed by atoms with Crippen LogP contribution in [0.1, 0.15) is 10.4 Å². The van der Waals surface area contributed by atoms with E-state index in [1.807, 2.05) is 4.72 Å². The summed E-state index contributed by atoms with van der Waals surface area (Å²) in [6.07, 6.45) is 4.47. The molecule has 1 amide bonds. The maximum Gasteiger partial charge on any atom is 0.267 e. The Morgan fingerprint density at radius 2 is 1.82 bits per heavy atom. The number of carbonyl (C=O) groups excluding carboxylic acids is 1. The third kappa shape index (κ3) is 2.66. The first-order chi connectivity index (χ1) is 10.6. The Morgan fingerprint density at radius 3 is 2.50 bits per heavy atom. The molecule has 2 heterocycles. The molecule has 3 rings (SSSR count). The van der Waals surface area contributed by atoms with Crippen LogP contribution in [0.25, 0.3) is 11.3 Å². The molecule has 0 saturated heterocycles. The van der Waals surface area contributed by atoms with Crippen LogP contribution in [0, 0.1) is 0 Å². The molecule has 0 aliphatic heterocycles. The molecule has 0 saturated carbocycles. The van der Waals surface area contributed by atoms with Crippen molar-refractivity contribution in [2.24, 2.45) is 0 Å². The monoisotopic (exact) mass is 316 g/mol. The van der Waals surface area contributed by atoms with E-state index in [0.717, 1.165) is 0 Å². The van der Waals surface area contributed by atoms with E-state index in [1.54, 1.807) is 36.5 Å². The van der Waals surface area contributed by atoms with Crippen molar-refractivity contribution < 1.29 is 17.6 Å². The molecule has 0 aliphatic carbocycles. The lowest BCUT2D eigenvalue weighted by Gasteiger charge is -2.06. The van der Waals surface area contributed by atoms with Gasteiger partial charge in [0.2, 0.25) is 0 Å².